The van der Waals surface area contributed by atoms with Gasteiger partial charge in [0.2, 0.25) is 0 Å². The van der Waals surface area contributed by atoms with Crippen molar-refractivity contribution in [2.75, 3.05) is 0 Å². The zero-order valence-corrected chi connectivity index (χ0v) is 10.6. The molecule has 0 radical (unpaired) electrons. The summed E-state index contributed by atoms with van der Waals surface area (Å²) in [5, 5.41) is 0. The van der Waals surface area contributed by atoms with E-state index < -0.39 is 0 Å². The highest BCUT2D eigenvalue weighted by atomic mass is 79.9. The molecule has 1 unspecified atom stereocenters. The predicted molar refractivity (Wildman–Crippen MR) is 67.1 cm³/mol. The molecule has 0 amide bonds. The van der Waals surface area contributed by atoms with Gasteiger partial charge in [0.1, 0.15) is 0 Å². The first kappa shape index (κ1) is 12.3. The van der Waals surface area contributed by atoms with Gasteiger partial charge in [0, 0.05) is 10.9 Å². The van der Waals surface area contributed by atoms with Gasteiger partial charge < -0.3 is 0 Å². The van der Waals surface area contributed by atoms with Crippen LogP contribution in [-0.4, -0.2) is 0 Å². The fourth-order valence-corrected chi connectivity index (χ4v) is 1.80. The van der Waals surface area contributed by atoms with Crippen LogP contribution in [-0.2, 0) is 0 Å². The van der Waals surface area contributed by atoms with E-state index in [1.54, 1.807) is 0 Å². The van der Waals surface area contributed by atoms with E-state index in [9.17, 15) is 0 Å². The second-order valence-electron chi connectivity index (χ2n) is 3.60. The highest BCUT2D eigenvalue weighted by Gasteiger charge is 2.10. The van der Waals surface area contributed by atoms with Crippen LogP contribution in [0.2, 0.25) is 0 Å². The Balaban J connectivity index is 3.10. The van der Waals surface area contributed by atoms with Gasteiger partial charge in [-0.05, 0) is 30.5 Å². The molecule has 0 aromatic heterocycles. The van der Waals surface area contributed by atoms with E-state index >= 15 is 0 Å². The Kier molecular flexibility index (Phi) is 4.34. The molecule has 0 saturated heterocycles. The third-order valence-electron chi connectivity index (χ3n) is 2.38. The Labute approximate surface area is 99.3 Å². The topological polar surface area (TPSA) is 38.0 Å². The largest absolute Gasteiger partial charge is 0.271 e. The summed E-state index contributed by atoms with van der Waals surface area (Å²) in [6.45, 7) is 4.12. The van der Waals surface area contributed by atoms with Gasteiger partial charge in [-0.3, -0.25) is 11.3 Å². The number of hydrazine groups is 1. The predicted octanol–water partition coefficient (Wildman–Crippen LogP) is 2.59. The van der Waals surface area contributed by atoms with Crippen LogP contribution in [0.4, 0.5) is 0 Å². The second kappa shape index (κ2) is 5.32. The standard InChI is InChI=1S/C12H15BrN2/c1-4-5-11(15-14)10-6-8(2)12(13)9(3)7-10/h1,6-7,11,15H,5,14H2,2-3H3. The molecule has 0 aliphatic carbocycles. The summed E-state index contributed by atoms with van der Waals surface area (Å²) in [6, 6.07) is 4.22. The molecule has 2 nitrogen and oxygen atoms in total. The molecule has 3 heteroatoms. The van der Waals surface area contributed by atoms with Gasteiger partial charge >= 0.3 is 0 Å². The summed E-state index contributed by atoms with van der Waals surface area (Å²) in [5.74, 6) is 8.09. The third-order valence-corrected chi connectivity index (χ3v) is 3.64. The number of benzene rings is 1. The maximum Gasteiger partial charge on any atom is 0.0569 e. The zero-order valence-electron chi connectivity index (χ0n) is 8.97. The highest BCUT2D eigenvalue weighted by molar-refractivity contribution is 9.10. The minimum absolute atomic E-state index is 0.0282. The van der Waals surface area contributed by atoms with Crippen molar-refractivity contribution in [2.24, 2.45) is 5.84 Å². The molecule has 80 valence electrons. The summed E-state index contributed by atoms with van der Waals surface area (Å²) >= 11 is 3.53. The lowest BCUT2D eigenvalue weighted by Crippen LogP contribution is -2.27. The molecule has 0 aliphatic rings. The Morgan fingerprint density at radius 1 is 1.47 bits per heavy atom. The fraction of sp³-hybridized carbons (Fsp3) is 0.333. The molecule has 0 bridgehead atoms. The van der Waals surface area contributed by atoms with Crippen LogP contribution in [0.3, 0.4) is 0 Å². The number of aryl methyl sites for hydroxylation is 2. The van der Waals surface area contributed by atoms with Crippen LogP contribution in [0.5, 0.6) is 0 Å². The quantitative estimate of drug-likeness (QED) is 0.502. The van der Waals surface area contributed by atoms with E-state index in [-0.39, 0.29) is 6.04 Å². The molecular weight excluding hydrogens is 252 g/mol. The van der Waals surface area contributed by atoms with Crippen LogP contribution in [0.25, 0.3) is 0 Å². The Morgan fingerprint density at radius 3 is 2.40 bits per heavy atom. The van der Waals surface area contributed by atoms with E-state index in [1.807, 2.05) is 0 Å². The average molecular weight is 267 g/mol. The number of hydrogen-bond acceptors (Lipinski definition) is 2. The molecule has 0 fully saturated rings. The maximum atomic E-state index is 5.47. The van der Waals surface area contributed by atoms with E-state index in [4.69, 9.17) is 12.3 Å². The van der Waals surface area contributed by atoms with E-state index in [1.165, 1.54) is 11.1 Å². The van der Waals surface area contributed by atoms with Crippen molar-refractivity contribution in [1.29, 1.82) is 0 Å². The summed E-state index contributed by atoms with van der Waals surface area (Å²) in [5.41, 5.74) is 6.26. The van der Waals surface area contributed by atoms with Gasteiger partial charge in [-0.2, -0.15) is 0 Å². The van der Waals surface area contributed by atoms with E-state index in [2.05, 4.69) is 53.3 Å². The monoisotopic (exact) mass is 266 g/mol. The SMILES string of the molecule is C#CCC(NN)c1cc(C)c(Br)c(C)c1. The summed E-state index contributed by atoms with van der Waals surface area (Å²) in [4.78, 5) is 0. The second-order valence-corrected chi connectivity index (χ2v) is 4.39. The molecule has 15 heavy (non-hydrogen) atoms. The Hall–Kier alpha value is -0.820. The molecule has 1 atom stereocenters. The Bertz CT molecular complexity index is 370. The van der Waals surface area contributed by atoms with Gasteiger partial charge in [-0.15, -0.1) is 12.3 Å². The first-order valence-electron chi connectivity index (χ1n) is 4.76. The summed E-state index contributed by atoms with van der Waals surface area (Å²) in [7, 11) is 0. The third kappa shape index (κ3) is 2.82. The van der Waals surface area contributed by atoms with Crippen LogP contribution >= 0.6 is 15.9 Å². The molecular formula is C12H15BrN2. The lowest BCUT2D eigenvalue weighted by atomic mass is 10.00. The molecule has 3 N–H and O–H groups in total. The van der Waals surface area contributed by atoms with Crippen molar-refractivity contribution in [2.45, 2.75) is 26.3 Å². The number of hydrogen-bond donors (Lipinski definition) is 2. The highest BCUT2D eigenvalue weighted by Crippen LogP contribution is 2.26. The van der Waals surface area contributed by atoms with Crippen LogP contribution < -0.4 is 11.3 Å². The maximum absolute atomic E-state index is 5.47. The first-order valence-corrected chi connectivity index (χ1v) is 5.55. The molecule has 0 saturated carbocycles. The van der Waals surface area contributed by atoms with Crippen molar-refractivity contribution >= 4 is 15.9 Å². The number of nitrogens with one attached hydrogen (secondary N) is 1. The van der Waals surface area contributed by atoms with Crippen LogP contribution in [0, 0.1) is 26.2 Å². The molecule has 0 aliphatic heterocycles. The normalized spacial score (nSPS) is 12.2. The van der Waals surface area contributed by atoms with Crippen molar-refractivity contribution in [3.05, 3.63) is 33.3 Å². The van der Waals surface area contributed by atoms with Crippen molar-refractivity contribution in [1.82, 2.24) is 5.43 Å². The van der Waals surface area contributed by atoms with Crippen LogP contribution in [0.1, 0.15) is 29.2 Å². The van der Waals surface area contributed by atoms with Gasteiger partial charge in [0.05, 0.1) is 6.04 Å². The van der Waals surface area contributed by atoms with Gasteiger partial charge in [-0.1, -0.05) is 28.1 Å². The minimum Gasteiger partial charge on any atom is -0.271 e. The average Bonchev–Trinajstić information content (AvgIpc) is 2.22. The van der Waals surface area contributed by atoms with E-state index in [0.29, 0.717) is 6.42 Å². The van der Waals surface area contributed by atoms with E-state index in [0.717, 1.165) is 10.0 Å². The molecule has 1 rings (SSSR count). The number of rotatable bonds is 3. The lowest BCUT2D eigenvalue weighted by molar-refractivity contribution is 0.567. The molecule has 1 aromatic carbocycles. The number of terminal acetylenes is 1. The van der Waals surface area contributed by atoms with Gasteiger partial charge in [0.15, 0.2) is 0 Å². The van der Waals surface area contributed by atoms with Crippen LogP contribution in [0.15, 0.2) is 16.6 Å². The molecule has 0 spiro atoms. The van der Waals surface area contributed by atoms with Crippen molar-refractivity contribution in [3.8, 4) is 12.3 Å². The smallest absolute Gasteiger partial charge is 0.0569 e. The molecule has 0 heterocycles. The van der Waals surface area contributed by atoms with Crippen molar-refractivity contribution < 1.29 is 0 Å². The zero-order chi connectivity index (χ0) is 11.4. The fourth-order valence-electron chi connectivity index (χ4n) is 1.57. The summed E-state index contributed by atoms with van der Waals surface area (Å²) < 4.78 is 1.14. The summed E-state index contributed by atoms with van der Waals surface area (Å²) in [6.07, 6.45) is 5.89. The Morgan fingerprint density at radius 2 is 2.00 bits per heavy atom. The number of halogens is 1. The van der Waals surface area contributed by atoms with Gasteiger partial charge in [-0.25, -0.2) is 0 Å². The minimum atomic E-state index is 0.0282. The first-order chi connectivity index (χ1) is 7.10. The molecule has 1 aromatic rings. The lowest BCUT2D eigenvalue weighted by Gasteiger charge is -2.16. The van der Waals surface area contributed by atoms with Gasteiger partial charge in [0.25, 0.3) is 0 Å². The van der Waals surface area contributed by atoms with Crippen molar-refractivity contribution in [3.63, 3.8) is 0 Å². The number of nitrogens with two attached hydrogens (primary N) is 1.